The smallest absolute Gasteiger partial charge is 0.345 e. The first-order valence-electron chi connectivity index (χ1n) is 6.42. The Morgan fingerprint density at radius 2 is 2.10 bits per heavy atom. The second-order valence-corrected chi connectivity index (χ2v) is 5.08. The quantitative estimate of drug-likeness (QED) is 0.604. The number of nitrogens with one attached hydrogen (secondary N) is 3. The number of urea groups is 1. The Morgan fingerprint density at radius 3 is 2.67 bits per heavy atom. The minimum absolute atomic E-state index is 0.248. The van der Waals surface area contributed by atoms with E-state index < -0.39 is 42.7 Å². The maximum Gasteiger partial charge on any atom is 0.405 e. The van der Waals surface area contributed by atoms with Gasteiger partial charge in [-0.05, 0) is 19.4 Å². The molecule has 0 aromatic heterocycles. The molecule has 3 N–H and O–H groups in total. The van der Waals surface area contributed by atoms with Gasteiger partial charge in [-0.15, -0.1) is 0 Å². The molecular formula is C11H15F3N4O3. The number of imide groups is 1. The molecule has 2 rings (SSSR count). The summed E-state index contributed by atoms with van der Waals surface area (Å²) in [6.45, 7) is -1.25. The summed E-state index contributed by atoms with van der Waals surface area (Å²) in [6, 6.07) is -0.758. The maximum atomic E-state index is 12.2. The number of amides is 4. The Bertz CT molecular complexity index is 460. The van der Waals surface area contributed by atoms with Crippen molar-refractivity contribution in [1.29, 1.82) is 0 Å². The molecule has 2 heterocycles. The standard InChI is InChI=1S/C11H15F3N4O3/c12-11(13,14)6-16-7(19)4-18-8(20)10(17-9(18)21)2-1-3-15-5-10/h15H,1-6H2,(H,16,19)(H,17,21). The number of carbonyl (C=O) groups excluding carboxylic acids is 3. The predicted octanol–water partition coefficient (Wildman–Crippen LogP) is -0.661. The third-order valence-electron chi connectivity index (χ3n) is 3.42. The molecular weight excluding hydrogens is 293 g/mol. The van der Waals surface area contributed by atoms with Crippen molar-refractivity contribution in [2.75, 3.05) is 26.2 Å². The van der Waals surface area contributed by atoms with E-state index in [1.807, 2.05) is 0 Å². The average molecular weight is 308 g/mol. The molecule has 21 heavy (non-hydrogen) atoms. The fourth-order valence-electron chi connectivity index (χ4n) is 2.41. The molecule has 0 radical (unpaired) electrons. The fraction of sp³-hybridized carbons (Fsp3) is 0.727. The summed E-state index contributed by atoms with van der Waals surface area (Å²) in [6.07, 6.45) is -3.42. The number of nitrogens with zero attached hydrogens (tertiary/aromatic N) is 1. The molecule has 2 saturated heterocycles. The van der Waals surface area contributed by atoms with E-state index in [0.717, 1.165) is 6.54 Å². The van der Waals surface area contributed by atoms with Crippen LogP contribution in [0.4, 0.5) is 18.0 Å². The lowest BCUT2D eigenvalue weighted by atomic mass is 9.90. The summed E-state index contributed by atoms with van der Waals surface area (Å²) in [5.74, 6) is -1.61. The van der Waals surface area contributed by atoms with Crippen LogP contribution in [0, 0.1) is 0 Å². The van der Waals surface area contributed by atoms with Crippen molar-refractivity contribution in [3.05, 3.63) is 0 Å². The van der Waals surface area contributed by atoms with Gasteiger partial charge in [-0.3, -0.25) is 14.5 Å². The van der Waals surface area contributed by atoms with Crippen molar-refractivity contribution in [2.24, 2.45) is 0 Å². The van der Waals surface area contributed by atoms with Crippen LogP contribution in [0.2, 0.25) is 0 Å². The van der Waals surface area contributed by atoms with Crippen LogP contribution in [0.3, 0.4) is 0 Å². The third-order valence-corrected chi connectivity index (χ3v) is 3.42. The second-order valence-electron chi connectivity index (χ2n) is 5.08. The topological polar surface area (TPSA) is 90.5 Å². The van der Waals surface area contributed by atoms with E-state index in [4.69, 9.17) is 0 Å². The number of carbonyl (C=O) groups is 3. The lowest BCUT2D eigenvalue weighted by Gasteiger charge is -2.31. The van der Waals surface area contributed by atoms with Crippen LogP contribution in [0.25, 0.3) is 0 Å². The van der Waals surface area contributed by atoms with Crippen LogP contribution >= 0.6 is 0 Å². The van der Waals surface area contributed by atoms with Crippen molar-refractivity contribution in [3.8, 4) is 0 Å². The van der Waals surface area contributed by atoms with Gasteiger partial charge >= 0.3 is 12.2 Å². The zero-order chi connectivity index (χ0) is 15.7. The van der Waals surface area contributed by atoms with E-state index in [1.54, 1.807) is 5.32 Å². The molecule has 0 aromatic carbocycles. The fourth-order valence-corrected chi connectivity index (χ4v) is 2.41. The zero-order valence-corrected chi connectivity index (χ0v) is 11.0. The molecule has 0 saturated carbocycles. The first kappa shape index (κ1) is 15.5. The van der Waals surface area contributed by atoms with E-state index in [0.29, 0.717) is 17.7 Å². The monoisotopic (exact) mass is 308 g/mol. The normalized spacial score (nSPS) is 26.1. The molecule has 0 bridgehead atoms. The number of hydrogen-bond donors (Lipinski definition) is 3. The number of alkyl halides is 3. The third kappa shape index (κ3) is 3.43. The van der Waals surface area contributed by atoms with Gasteiger partial charge in [0.25, 0.3) is 5.91 Å². The van der Waals surface area contributed by atoms with E-state index in [2.05, 4.69) is 10.6 Å². The molecule has 1 spiro atoms. The van der Waals surface area contributed by atoms with Crippen LogP contribution in [0.1, 0.15) is 12.8 Å². The summed E-state index contributed by atoms with van der Waals surface area (Å²) in [5.41, 5.74) is -1.08. The van der Waals surface area contributed by atoms with Gasteiger partial charge in [-0.2, -0.15) is 13.2 Å². The van der Waals surface area contributed by atoms with E-state index in [-0.39, 0.29) is 6.54 Å². The molecule has 0 aliphatic carbocycles. The molecule has 1 unspecified atom stereocenters. The van der Waals surface area contributed by atoms with Crippen molar-refractivity contribution < 1.29 is 27.6 Å². The molecule has 118 valence electrons. The molecule has 0 aromatic rings. The number of hydrogen-bond acceptors (Lipinski definition) is 4. The van der Waals surface area contributed by atoms with E-state index in [1.165, 1.54) is 0 Å². The SMILES string of the molecule is O=C(CN1C(=O)NC2(CCCNC2)C1=O)NCC(F)(F)F. The van der Waals surface area contributed by atoms with Gasteiger partial charge in [0.2, 0.25) is 5.91 Å². The molecule has 7 nitrogen and oxygen atoms in total. The van der Waals surface area contributed by atoms with Gasteiger partial charge in [0, 0.05) is 6.54 Å². The highest BCUT2D eigenvalue weighted by molar-refractivity contribution is 6.09. The van der Waals surface area contributed by atoms with Gasteiger partial charge in [0.15, 0.2) is 0 Å². The highest BCUT2D eigenvalue weighted by Crippen LogP contribution is 2.24. The average Bonchev–Trinajstić information content (AvgIpc) is 2.61. The molecule has 2 aliphatic rings. The molecule has 4 amide bonds. The summed E-state index contributed by atoms with van der Waals surface area (Å²) in [7, 11) is 0. The number of piperidine rings is 1. The lowest BCUT2D eigenvalue weighted by molar-refractivity contribution is -0.141. The second kappa shape index (κ2) is 5.51. The minimum atomic E-state index is -4.54. The maximum absolute atomic E-state index is 12.2. The predicted molar refractivity (Wildman–Crippen MR) is 64.1 cm³/mol. The Labute approximate surface area is 118 Å². The number of halogens is 3. The van der Waals surface area contributed by atoms with Gasteiger partial charge < -0.3 is 16.0 Å². The van der Waals surface area contributed by atoms with Gasteiger partial charge in [-0.1, -0.05) is 0 Å². The largest absolute Gasteiger partial charge is 0.405 e. The molecule has 10 heteroatoms. The highest BCUT2D eigenvalue weighted by atomic mass is 19.4. The van der Waals surface area contributed by atoms with Crippen LogP contribution in [-0.4, -0.2) is 60.6 Å². The molecule has 1 atom stereocenters. The van der Waals surface area contributed by atoms with E-state index >= 15 is 0 Å². The summed E-state index contributed by atoms with van der Waals surface area (Å²) >= 11 is 0. The summed E-state index contributed by atoms with van der Waals surface area (Å²) in [4.78, 5) is 36.0. The van der Waals surface area contributed by atoms with Crippen molar-refractivity contribution >= 4 is 17.8 Å². The first-order valence-corrected chi connectivity index (χ1v) is 6.42. The molecule has 2 fully saturated rings. The Balaban J connectivity index is 1.96. The summed E-state index contributed by atoms with van der Waals surface area (Å²) < 4.78 is 36.0. The highest BCUT2D eigenvalue weighted by Gasteiger charge is 2.51. The van der Waals surface area contributed by atoms with Gasteiger partial charge in [-0.25, -0.2) is 4.79 Å². The van der Waals surface area contributed by atoms with Crippen LogP contribution in [0.5, 0.6) is 0 Å². The Morgan fingerprint density at radius 1 is 1.38 bits per heavy atom. The van der Waals surface area contributed by atoms with Crippen molar-refractivity contribution in [3.63, 3.8) is 0 Å². The molecule has 2 aliphatic heterocycles. The Kier molecular flexibility index (Phi) is 4.08. The van der Waals surface area contributed by atoms with Crippen LogP contribution < -0.4 is 16.0 Å². The van der Waals surface area contributed by atoms with Crippen LogP contribution in [0.15, 0.2) is 0 Å². The first-order chi connectivity index (χ1) is 9.73. The van der Waals surface area contributed by atoms with Crippen LogP contribution in [-0.2, 0) is 9.59 Å². The lowest BCUT2D eigenvalue weighted by Crippen LogP contribution is -2.57. The van der Waals surface area contributed by atoms with E-state index in [9.17, 15) is 27.6 Å². The van der Waals surface area contributed by atoms with Crippen molar-refractivity contribution in [2.45, 2.75) is 24.6 Å². The van der Waals surface area contributed by atoms with Gasteiger partial charge in [0.1, 0.15) is 18.6 Å². The van der Waals surface area contributed by atoms with Crippen molar-refractivity contribution in [1.82, 2.24) is 20.9 Å². The number of rotatable bonds is 3. The minimum Gasteiger partial charge on any atom is -0.345 e. The zero-order valence-electron chi connectivity index (χ0n) is 11.0. The van der Waals surface area contributed by atoms with Gasteiger partial charge in [0.05, 0.1) is 0 Å². The Hall–Kier alpha value is -1.84. The summed E-state index contributed by atoms with van der Waals surface area (Å²) in [5, 5.41) is 7.12.